The zero-order valence-corrected chi connectivity index (χ0v) is 28.7. The number of aromatic nitrogens is 3. The Morgan fingerprint density at radius 1 is 0.412 bits per heavy atom. The first-order valence-corrected chi connectivity index (χ1v) is 18.8. The van der Waals surface area contributed by atoms with Crippen LogP contribution < -0.4 is 0 Å². The Morgan fingerprint density at radius 3 is 1.92 bits per heavy atom. The van der Waals surface area contributed by atoms with Gasteiger partial charge in [-0.1, -0.05) is 121 Å². The van der Waals surface area contributed by atoms with Gasteiger partial charge in [-0.3, -0.25) is 4.57 Å². The number of thiophene rings is 2. The van der Waals surface area contributed by atoms with Crippen molar-refractivity contribution in [3.05, 3.63) is 152 Å². The lowest BCUT2D eigenvalue weighted by Crippen LogP contribution is -2.03. The zero-order valence-electron chi connectivity index (χ0n) is 27.1. The number of fused-ring (bicyclic) bond motifs is 8. The largest absolute Gasteiger partial charge is 0.278 e. The third-order valence-electron chi connectivity index (χ3n) is 10.6. The van der Waals surface area contributed by atoms with Gasteiger partial charge in [0.25, 0.3) is 0 Å². The molecule has 0 atom stereocenters. The van der Waals surface area contributed by atoms with Crippen LogP contribution >= 0.6 is 22.7 Å². The molecule has 0 spiro atoms. The molecule has 4 heterocycles. The lowest BCUT2D eigenvalue weighted by Gasteiger charge is -2.13. The van der Waals surface area contributed by atoms with E-state index in [1.807, 2.05) is 22.7 Å². The SMILES string of the molecule is c1ccc(-c2ccc3c4c2ccc2c5sc6ccccc6c5cc(c24)n3-c2nc(-c3cccc4c3sc3ccccc34)c3ccccc3n2)cc1. The maximum Gasteiger partial charge on any atom is 0.235 e. The summed E-state index contributed by atoms with van der Waals surface area (Å²) < 4.78 is 7.49. The molecule has 0 aliphatic rings. The molecule has 0 radical (unpaired) electrons. The van der Waals surface area contributed by atoms with E-state index in [1.165, 1.54) is 73.0 Å². The quantitative estimate of drug-likeness (QED) is 0.174. The molecule has 5 heteroatoms. The lowest BCUT2D eigenvalue weighted by atomic mass is 9.94. The summed E-state index contributed by atoms with van der Waals surface area (Å²) in [4.78, 5) is 10.9. The zero-order chi connectivity index (χ0) is 33.2. The molecule has 0 aliphatic heterocycles. The summed E-state index contributed by atoms with van der Waals surface area (Å²) in [5.41, 5.74) is 7.73. The fourth-order valence-electron chi connectivity index (χ4n) is 8.38. The van der Waals surface area contributed by atoms with Crippen molar-refractivity contribution >= 4 is 106 Å². The molecule has 0 unspecified atom stereocenters. The van der Waals surface area contributed by atoms with E-state index < -0.39 is 0 Å². The van der Waals surface area contributed by atoms with Gasteiger partial charge in [0.1, 0.15) is 0 Å². The molecule has 3 nitrogen and oxygen atoms in total. The van der Waals surface area contributed by atoms with Crippen LogP contribution in [0.2, 0.25) is 0 Å². The Bertz CT molecular complexity index is 3370. The summed E-state index contributed by atoms with van der Waals surface area (Å²) in [5, 5.41) is 11.2. The average molecular weight is 684 g/mol. The summed E-state index contributed by atoms with van der Waals surface area (Å²) in [7, 11) is 0. The Kier molecular flexibility index (Phi) is 5.53. The minimum Gasteiger partial charge on any atom is -0.278 e. The van der Waals surface area contributed by atoms with Crippen molar-refractivity contribution in [3.63, 3.8) is 0 Å². The van der Waals surface area contributed by atoms with E-state index in [2.05, 4.69) is 156 Å². The second-order valence-corrected chi connectivity index (χ2v) is 15.4. The summed E-state index contributed by atoms with van der Waals surface area (Å²) >= 11 is 3.73. The Morgan fingerprint density at radius 2 is 1.08 bits per heavy atom. The fraction of sp³-hybridized carbons (Fsp3) is 0. The fourth-order valence-corrected chi connectivity index (χ4v) is 10.8. The average Bonchev–Trinajstić information content (AvgIpc) is 3.87. The van der Waals surface area contributed by atoms with Gasteiger partial charge in [-0.2, -0.15) is 0 Å². The Labute approximate surface area is 299 Å². The highest BCUT2D eigenvalue weighted by atomic mass is 32.1. The van der Waals surface area contributed by atoms with Crippen LogP contribution in [0.3, 0.4) is 0 Å². The van der Waals surface area contributed by atoms with E-state index in [-0.39, 0.29) is 0 Å². The molecule has 0 saturated heterocycles. The van der Waals surface area contributed by atoms with Gasteiger partial charge in [0.05, 0.1) is 22.2 Å². The van der Waals surface area contributed by atoms with Crippen molar-refractivity contribution in [1.29, 1.82) is 0 Å². The van der Waals surface area contributed by atoms with Crippen molar-refractivity contribution < 1.29 is 0 Å². The highest BCUT2D eigenvalue weighted by Gasteiger charge is 2.24. The van der Waals surface area contributed by atoms with E-state index in [0.29, 0.717) is 5.95 Å². The van der Waals surface area contributed by atoms with Crippen molar-refractivity contribution in [2.75, 3.05) is 0 Å². The smallest absolute Gasteiger partial charge is 0.235 e. The topological polar surface area (TPSA) is 30.7 Å². The van der Waals surface area contributed by atoms with Gasteiger partial charge in [-0.25, -0.2) is 9.97 Å². The molecule has 8 aromatic carbocycles. The molecule has 51 heavy (non-hydrogen) atoms. The second kappa shape index (κ2) is 10.2. The number of hydrogen-bond donors (Lipinski definition) is 0. The molecule has 0 amide bonds. The predicted octanol–water partition coefficient (Wildman–Crippen LogP) is 13.4. The molecule has 0 aliphatic carbocycles. The summed E-state index contributed by atoms with van der Waals surface area (Å²) in [6.45, 7) is 0. The first kappa shape index (κ1) is 27.7. The van der Waals surface area contributed by atoms with E-state index in [0.717, 1.165) is 33.2 Å². The van der Waals surface area contributed by atoms with Crippen LogP contribution in [0.15, 0.2) is 152 Å². The van der Waals surface area contributed by atoms with Gasteiger partial charge in [-0.15, -0.1) is 22.7 Å². The molecule has 12 rings (SSSR count). The maximum atomic E-state index is 5.57. The van der Waals surface area contributed by atoms with Gasteiger partial charge < -0.3 is 0 Å². The van der Waals surface area contributed by atoms with Gasteiger partial charge in [-0.05, 0) is 46.8 Å². The molecular weight excluding hydrogens is 659 g/mol. The monoisotopic (exact) mass is 683 g/mol. The van der Waals surface area contributed by atoms with Crippen LogP contribution in [0.4, 0.5) is 0 Å². The summed E-state index contributed by atoms with van der Waals surface area (Å²) in [5.74, 6) is 0.687. The van der Waals surface area contributed by atoms with Crippen molar-refractivity contribution in [1.82, 2.24) is 14.5 Å². The van der Waals surface area contributed by atoms with Crippen LogP contribution in [0.25, 0.3) is 112 Å². The molecule has 0 N–H and O–H groups in total. The molecular formula is C46H25N3S2. The minimum absolute atomic E-state index is 0.687. The Balaban J connectivity index is 1.24. The minimum atomic E-state index is 0.687. The normalized spacial score (nSPS) is 12.3. The van der Waals surface area contributed by atoms with Crippen molar-refractivity contribution in [2.24, 2.45) is 0 Å². The van der Waals surface area contributed by atoms with Crippen LogP contribution in [0.5, 0.6) is 0 Å². The summed E-state index contributed by atoms with van der Waals surface area (Å²) in [6.07, 6.45) is 0. The van der Waals surface area contributed by atoms with E-state index in [9.17, 15) is 0 Å². The first-order chi connectivity index (χ1) is 25.3. The third-order valence-corrected chi connectivity index (χ3v) is 13.0. The molecule has 0 saturated carbocycles. The maximum absolute atomic E-state index is 5.57. The molecule has 12 aromatic rings. The predicted molar refractivity (Wildman–Crippen MR) is 219 cm³/mol. The number of rotatable bonds is 3. The standard InChI is InChI=1S/C46H25N3S2/c1-2-11-26(12-3-1)27-23-24-37-41-30(27)21-22-33-42(41)38(25-35-29-14-6-9-20-40(29)51-45(33)35)49(37)46-47-36-18-7-4-15-32(36)43(48-46)34-17-10-16-31-28-13-5-8-19-39(28)50-44(31)34/h1-25H. The first-order valence-electron chi connectivity index (χ1n) is 17.2. The van der Waals surface area contributed by atoms with Crippen molar-refractivity contribution in [2.45, 2.75) is 0 Å². The number of hydrogen-bond acceptors (Lipinski definition) is 4. The number of benzene rings is 8. The third kappa shape index (κ3) is 3.77. The Hall–Kier alpha value is -6.14. The van der Waals surface area contributed by atoms with Crippen LogP contribution in [-0.2, 0) is 0 Å². The van der Waals surface area contributed by atoms with Gasteiger partial charge in [0.2, 0.25) is 5.95 Å². The lowest BCUT2D eigenvalue weighted by molar-refractivity contribution is 1.02. The molecule has 0 bridgehead atoms. The van der Waals surface area contributed by atoms with Crippen LogP contribution in [-0.4, -0.2) is 14.5 Å². The second-order valence-electron chi connectivity index (χ2n) is 13.3. The highest BCUT2D eigenvalue weighted by Crippen LogP contribution is 2.48. The van der Waals surface area contributed by atoms with Crippen LogP contribution in [0, 0.1) is 0 Å². The highest BCUT2D eigenvalue weighted by molar-refractivity contribution is 7.27. The number of para-hydroxylation sites is 1. The van der Waals surface area contributed by atoms with E-state index >= 15 is 0 Å². The van der Waals surface area contributed by atoms with Gasteiger partial charge in [0.15, 0.2) is 0 Å². The van der Waals surface area contributed by atoms with E-state index in [4.69, 9.17) is 9.97 Å². The number of nitrogens with zero attached hydrogens (tertiary/aromatic N) is 3. The summed E-state index contributed by atoms with van der Waals surface area (Å²) in [6, 6.07) is 54.9. The molecule has 236 valence electrons. The van der Waals surface area contributed by atoms with Gasteiger partial charge in [0, 0.05) is 67.5 Å². The molecule has 0 fully saturated rings. The van der Waals surface area contributed by atoms with E-state index in [1.54, 1.807) is 0 Å². The van der Waals surface area contributed by atoms with Gasteiger partial charge >= 0.3 is 0 Å². The van der Waals surface area contributed by atoms with Crippen molar-refractivity contribution in [3.8, 4) is 28.3 Å². The molecule has 4 aromatic heterocycles. The van der Waals surface area contributed by atoms with Crippen LogP contribution in [0.1, 0.15) is 0 Å².